The van der Waals surface area contributed by atoms with E-state index in [-0.39, 0.29) is 17.6 Å². The van der Waals surface area contributed by atoms with E-state index in [1.807, 2.05) is 6.07 Å². The average Bonchev–Trinajstić information content (AvgIpc) is 3.14. The standard InChI is InChI=1S/C19H19FN2O2S2/c20-14-5-3-13(4-6-14)16-7-8-17(26-16)19(24)22-11-25-10-15(22)18(23)21-9-12-1-2-12/h3-8,12,15H,1-2,9-11H2,(H,21,23)/t15-/m1/s1. The number of carbonyl (C=O) groups excluding carboxylic acids is 2. The van der Waals surface area contributed by atoms with Crippen LogP contribution in [-0.2, 0) is 4.79 Å². The highest BCUT2D eigenvalue weighted by Gasteiger charge is 2.36. The Morgan fingerprint density at radius 2 is 1.92 bits per heavy atom. The Kier molecular flexibility index (Phi) is 5.00. The summed E-state index contributed by atoms with van der Waals surface area (Å²) < 4.78 is 13.1. The number of rotatable bonds is 5. The lowest BCUT2D eigenvalue weighted by Crippen LogP contribution is -2.47. The van der Waals surface area contributed by atoms with E-state index >= 15 is 0 Å². The van der Waals surface area contributed by atoms with E-state index < -0.39 is 6.04 Å². The fourth-order valence-electron chi connectivity index (χ4n) is 2.91. The summed E-state index contributed by atoms with van der Waals surface area (Å²) in [5.74, 6) is 1.34. The van der Waals surface area contributed by atoms with Gasteiger partial charge in [-0.15, -0.1) is 23.1 Å². The maximum Gasteiger partial charge on any atom is 0.265 e. The first kappa shape index (κ1) is 17.5. The van der Waals surface area contributed by atoms with Gasteiger partial charge in [0.1, 0.15) is 11.9 Å². The molecule has 1 aromatic carbocycles. The summed E-state index contributed by atoms with van der Waals surface area (Å²) in [6.45, 7) is 0.718. The molecule has 7 heteroatoms. The first-order chi connectivity index (χ1) is 12.6. The summed E-state index contributed by atoms with van der Waals surface area (Å²) in [4.78, 5) is 28.5. The van der Waals surface area contributed by atoms with E-state index in [1.165, 1.54) is 36.3 Å². The fraction of sp³-hybridized carbons (Fsp3) is 0.368. The summed E-state index contributed by atoms with van der Waals surface area (Å²) in [6.07, 6.45) is 2.37. The van der Waals surface area contributed by atoms with Gasteiger partial charge in [0.2, 0.25) is 5.91 Å². The summed E-state index contributed by atoms with van der Waals surface area (Å²) >= 11 is 2.98. The van der Waals surface area contributed by atoms with Gasteiger partial charge in [-0.05, 0) is 48.6 Å². The number of amides is 2. The van der Waals surface area contributed by atoms with Gasteiger partial charge in [0.05, 0.1) is 10.8 Å². The van der Waals surface area contributed by atoms with Crippen LogP contribution < -0.4 is 5.32 Å². The normalized spacial score (nSPS) is 19.6. The number of thioether (sulfide) groups is 1. The highest BCUT2D eigenvalue weighted by atomic mass is 32.2. The molecule has 1 atom stereocenters. The van der Waals surface area contributed by atoms with Gasteiger partial charge in [-0.1, -0.05) is 12.1 Å². The molecule has 4 rings (SSSR count). The predicted molar refractivity (Wildman–Crippen MR) is 103 cm³/mol. The third kappa shape index (κ3) is 3.78. The maximum atomic E-state index is 13.1. The van der Waals surface area contributed by atoms with Crippen LogP contribution in [0.1, 0.15) is 22.5 Å². The molecule has 2 heterocycles. The first-order valence-electron chi connectivity index (χ1n) is 8.64. The Morgan fingerprint density at radius 3 is 2.65 bits per heavy atom. The minimum absolute atomic E-state index is 0.0504. The third-order valence-electron chi connectivity index (χ3n) is 4.65. The van der Waals surface area contributed by atoms with Crippen LogP contribution in [0.15, 0.2) is 36.4 Å². The van der Waals surface area contributed by atoms with Crippen molar-refractivity contribution in [2.24, 2.45) is 5.92 Å². The zero-order chi connectivity index (χ0) is 18.1. The van der Waals surface area contributed by atoms with Gasteiger partial charge in [-0.2, -0.15) is 0 Å². The van der Waals surface area contributed by atoms with Crippen molar-refractivity contribution in [1.82, 2.24) is 10.2 Å². The molecule has 1 saturated heterocycles. The number of hydrogen-bond donors (Lipinski definition) is 1. The number of hydrogen-bond acceptors (Lipinski definition) is 4. The molecule has 1 aliphatic heterocycles. The van der Waals surface area contributed by atoms with Crippen molar-refractivity contribution in [3.05, 3.63) is 47.1 Å². The van der Waals surface area contributed by atoms with Crippen molar-refractivity contribution in [1.29, 1.82) is 0 Å². The van der Waals surface area contributed by atoms with Crippen LogP contribution in [0, 0.1) is 11.7 Å². The number of thiophene rings is 1. The monoisotopic (exact) mass is 390 g/mol. The topological polar surface area (TPSA) is 49.4 Å². The average molecular weight is 391 g/mol. The number of halogens is 1. The van der Waals surface area contributed by atoms with Gasteiger partial charge < -0.3 is 10.2 Å². The molecular formula is C19H19FN2O2S2. The van der Waals surface area contributed by atoms with Crippen LogP contribution in [0.4, 0.5) is 4.39 Å². The second kappa shape index (κ2) is 7.40. The molecule has 2 fully saturated rings. The van der Waals surface area contributed by atoms with Gasteiger partial charge >= 0.3 is 0 Å². The Hall–Kier alpha value is -1.86. The van der Waals surface area contributed by atoms with E-state index in [2.05, 4.69) is 5.32 Å². The molecule has 0 unspecified atom stereocenters. The number of benzene rings is 1. The second-order valence-electron chi connectivity index (χ2n) is 6.65. The highest BCUT2D eigenvalue weighted by Crippen LogP contribution is 2.32. The second-order valence-corrected chi connectivity index (χ2v) is 8.73. The molecule has 1 aromatic heterocycles. The van der Waals surface area contributed by atoms with Crippen molar-refractivity contribution < 1.29 is 14.0 Å². The van der Waals surface area contributed by atoms with Gasteiger partial charge in [0.25, 0.3) is 5.91 Å². The Morgan fingerprint density at radius 1 is 1.15 bits per heavy atom. The molecular weight excluding hydrogens is 371 g/mol. The van der Waals surface area contributed by atoms with Crippen molar-refractivity contribution in [2.75, 3.05) is 18.2 Å². The number of nitrogens with one attached hydrogen (secondary N) is 1. The molecule has 2 amide bonds. The molecule has 0 radical (unpaired) electrons. The van der Waals surface area contributed by atoms with E-state index in [4.69, 9.17) is 0 Å². The molecule has 2 aliphatic rings. The largest absolute Gasteiger partial charge is 0.354 e. The third-order valence-corrected chi connectivity index (χ3v) is 6.79. The summed E-state index contributed by atoms with van der Waals surface area (Å²) in [6, 6.07) is 9.49. The molecule has 1 N–H and O–H groups in total. The molecule has 0 spiro atoms. The fourth-order valence-corrected chi connectivity index (χ4v) is 5.03. The zero-order valence-corrected chi connectivity index (χ0v) is 15.7. The van der Waals surface area contributed by atoms with Crippen molar-refractivity contribution in [3.8, 4) is 10.4 Å². The maximum absolute atomic E-state index is 13.1. The SMILES string of the molecule is O=C(NCC1CC1)[C@H]1CSCN1C(=O)c1ccc(-c2ccc(F)cc2)s1. The lowest BCUT2D eigenvalue weighted by atomic mass is 10.2. The molecule has 26 heavy (non-hydrogen) atoms. The van der Waals surface area contributed by atoms with Crippen molar-refractivity contribution in [3.63, 3.8) is 0 Å². The Balaban J connectivity index is 1.46. The minimum Gasteiger partial charge on any atom is -0.354 e. The molecule has 0 bridgehead atoms. The van der Waals surface area contributed by atoms with Crippen molar-refractivity contribution >= 4 is 34.9 Å². The quantitative estimate of drug-likeness (QED) is 0.849. The van der Waals surface area contributed by atoms with Gasteiger partial charge in [-0.25, -0.2) is 4.39 Å². The minimum atomic E-state index is -0.400. The van der Waals surface area contributed by atoms with Gasteiger partial charge in [-0.3, -0.25) is 9.59 Å². The molecule has 4 nitrogen and oxygen atoms in total. The summed E-state index contributed by atoms with van der Waals surface area (Å²) in [5, 5.41) is 2.98. The van der Waals surface area contributed by atoms with Crippen LogP contribution in [0.25, 0.3) is 10.4 Å². The first-order valence-corrected chi connectivity index (χ1v) is 10.6. The van der Waals surface area contributed by atoms with Gasteiger partial charge in [0.15, 0.2) is 0 Å². The highest BCUT2D eigenvalue weighted by molar-refractivity contribution is 7.99. The summed E-state index contributed by atoms with van der Waals surface area (Å²) in [7, 11) is 0. The summed E-state index contributed by atoms with van der Waals surface area (Å²) in [5.41, 5.74) is 0.880. The van der Waals surface area contributed by atoms with Gasteiger partial charge in [0, 0.05) is 17.2 Å². The van der Waals surface area contributed by atoms with Crippen LogP contribution in [0.5, 0.6) is 0 Å². The molecule has 1 aliphatic carbocycles. The van der Waals surface area contributed by atoms with Crippen LogP contribution in [0.3, 0.4) is 0 Å². The lowest BCUT2D eigenvalue weighted by molar-refractivity contribution is -0.124. The Bertz CT molecular complexity index is 817. The van der Waals surface area contributed by atoms with E-state index in [0.29, 0.717) is 22.4 Å². The smallest absolute Gasteiger partial charge is 0.265 e. The van der Waals surface area contributed by atoms with E-state index in [9.17, 15) is 14.0 Å². The molecule has 2 aromatic rings. The van der Waals surface area contributed by atoms with E-state index in [1.54, 1.807) is 34.9 Å². The Labute approximate surface area is 159 Å². The number of nitrogens with zero attached hydrogens (tertiary/aromatic N) is 1. The van der Waals surface area contributed by atoms with Crippen LogP contribution >= 0.6 is 23.1 Å². The van der Waals surface area contributed by atoms with Crippen molar-refractivity contribution in [2.45, 2.75) is 18.9 Å². The van der Waals surface area contributed by atoms with E-state index in [0.717, 1.165) is 17.0 Å². The lowest BCUT2D eigenvalue weighted by Gasteiger charge is -2.22. The predicted octanol–water partition coefficient (Wildman–Crippen LogP) is 3.60. The zero-order valence-electron chi connectivity index (χ0n) is 14.1. The molecule has 136 valence electrons. The van der Waals surface area contributed by atoms with Crippen LogP contribution in [-0.4, -0.2) is 40.9 Å². The molecule has 1 saturated carbocycles. The van der Waals surface area contributed by atoms with Crippen LogP contribution in [0.2, 0.25) is 0 Å². The number of carbonyl (C=O) groups is 2.